The Balaban J connectivity index is 1.75. The molecule has 4 rings (SSSR count). The summed E-state index contributed by atoms with van der Waals surface area (Å²) in [7, 11) is 0.171. The number of rotatable bonds is 14. The van der Waals surface area contributed by atoms with Gasteiger partial charge in [0.25, 0.3) is 10.0 Å². The number of methoxy groups -OCH3 is 3. The van der Waals surface area contributed by atoms with Gasteiger partial charge in [-0.1, -0.05) is 49.6 Å². The Kier molecular flexibility index (Phi) is 11.3. The largest absolute Gasteiger partial charge is 0.497 e. The van der Waals surface area contributed by atoms with Crippen LogP contribution in [0.5, 0.6) is 17.2 Å². The van der Waals surface area contributed by atoms with Gasteiger partial charge in [-0.15, -0.1) is 0 Å². The maximum Gasteiger partial charge on any atom is 0.264 e. The first-order valence-electron chi connectivity index (χ1n) is 15.2. The van der Waals surface area contributed by atoms with Crippen molar-refractivity contribution in [3.63, 3.8) is 0 Å². The molecule has 10 nitrogen and oxygen atoms in total. The number of hydrogen-bond acceptors (Lipinski definition) is 7. The van der Waals surface area contributed by atoms with Crippen LogP contribution in [-0.2, 0) is 26.2 Å². The second kappa shape index (κ2) is 15.2. The van der Waals surface area contributed by atoms with E-state index in [0.717, 1.165) is 41.1 Å². The average Bonchev–Trinajstić information content (AvgIpc) is 3.56. The van der Waals surface area contributed by atoms with Crippen LogP contribution in [0.25, 0.3) is 0 Å². The molecule has 11 heteroatoms. The van der Waals surface area contributed by atoms with Gasteiger partial charge in [-0.25, -0.2) is 8.42 Å². The molecule has 1 atom stereocenters. The minimum atomic E-state index is -4.28. The van der Waals surface area contributed by atoms with Crippen LogP contribution in [0.15, 0.2) is 71.6 Å². The number of nitrogens with zero attached hydrogens (tertiary/aromatic N) is 2. The van der Waals surface area contributed by atoms with E-state index in [1.807, 2.05) is 26.0 Å². The van der Waals surface area contributed by atoms with Crippen LogP contribution in [0.3, 0.4) is 0 Å². The number of amides is 2. The Hall–Kier alpha value is -4.25. The predicted octanol–water partition coefficient (Wildman–Crippen LogP) is 5.08. The van der Waals surface area contributed by atoms with E-state index in [9.17, 15) is 18.0 Å². The minimum absolute atomic E-state index is 0.0646. The molecule has 0 aromatic heterocycles. The average molecular weight is 638 g/mol. The van der Waals surface area contributed by atoms with Gasteiger partial charge >= 0.3 is 0 Å². The number of aryl methyl sites for hydroxylation is 1. The van der Waals surface area contributed by atoms with Crippen molar-refractivity contribution < 1.29 is 32.2 Å². The Bertz CT molecular complexity index is 1570. The van der Waals surface area contributed by atoms with Gasteiger partial charge in [-0.2, -0.15) is 0 Å². The monoisotopic (exact) mass is 637 g/mol. The highest BCUT2D eigenvalue weighted by Crippen LogP contribution is 2.32. The highest BCUT2D eigenvalue weighted by Gasteiger charge is 2.35. The Labute approximate surface area is 266 Å². The molecule has 0 heterocycles. The fraction of sp³-hybridized carbons (Fsp3) is 0.412. The molecule has 0 spiro atoms. The predicted molar refractivity (Wildman–Crippen MR) is 173 cm³/mol. The molecule has 1 saturated carbocycles. The zero-order valence-corrected chi connectivity index (χ0v) is 27.4. The number of anilines is 1. The Morgan fingerprint density at radius 2 is 1.60 bits per heavy atom. The number of sulfonamides is 1. The van der Waals surface area contributed by atoms with Crippen LogP contribution in [0.4, 0.5) is 5.69 Å². The Morgan fingerprint density at radius 1 is 0.911 bits per heavy atom. The summed E-state index contributed by atoms with van der Waals surface area (Å²) in [4.78, 5) is 29.4. The zero-order valence-electron chi connectivity index (χ0n) is 26.6. The van der Waals surface area contributed by atoms with Gasteiger partial charge in [-0.05, 0) is 68.1 Å². The molecule has 0 aliphatic heterocycles. The van der Waals surface area contributed by atoms with Crippen LogP contribution >= 0.6 is 0 Å². The lowest BCUT2D eigenvalue weighted by molar-refractivity contribution is -0.140. The quantitative estimate of drug-likeness (QED) is 0.262. The van der Waals surface area contributed by atoms with E-state index in [1.165, 1.54) is 37.3 Å². The molecule has 1 unspecified atom stereocenters. The number of hydrogen-bond donors (Lipinski definition) is 1. The maximum absolute atomic E-state index is 14.4. The summed E-state index contributed by atoms with van der Waals surface area (Å²) < 4.78 is 45.6. The highest BCUT2D eigenvalue weighted by molar-refractivity contribution is 7.92. The van der Waals surface area contributed by atoms with Crippen molar-refractivity contribution in [2.24, 2.45) is 0 Å². The molecule has 1 fully saturated rings. The van der Waals surface area contributed by atoms with Crippen molar-refractivity contribution in [2.45, 2.75) is 69.5 Å². The summed E-state index contributed by atoms with van der Waals surface area (Å²) >= 11 is 0. The molecule has 1 aliphatic carbocycles. The lowest BCUT2D eigenvalue weighted by Gasteiger charge is -2.34. The Morgan fingerprint density at radius 3 is 2.22 bits per heavy atom. The van der Waals surface area contributed by atoms with Crippen LogP contribution in [0.1, 0.15) is 50.2 Å². The molecule has 0 saturated heterocycles. The molecule has 1 N–H and O–H groups in total. The van der Waals surface area contributed by atoms with E-state index < -0.39 is 28.5 Å². The second-order valence-electron chi connectivity index (χ2n) is 11.2. The first-order valence-corrected chi connectivity index (χ1v) is 16.6. The maximum atomic E-state index is 14.4. The summed E-state index contributed by atoms with van der Waals surface area (Å²) in [5.74, 6) is 0.461. The van der Waals surface area contributed by atoms with E-state index >= 15 is 0 Å². The van der Waals surface area contributed by atoms with Gasteiger partial charge in [0.15, 0.2) is 11.5 Å². The van der Waals surface area contributed by atoms with E-state index in [2.05, 4.69) is 5.32 Å². The second-order valence-corrected chi connectivity index (χ2v) is 13.0. The van der Waals surface area contributed by atoms with Crippen LogP contribution in [-0.4, -0.2) is 65.1 Å². The summed E-state index contributed by atoms with van der Waals surface area (Å²) in [6.45, 7) is 3.30. The number of nitrogens with one attached hydrogen (secondary N) is 1. The summed E-state index contributed by atoms with van der Waals surface area (Å²) in [5.41, 5.74) is 2.00. The highest BCUT2D eigenvalue weighted by atomic mass is 32.2. The molecule has 0 bridgehead atoms. The zero-order chi connectivity index (χ0) is 32.6. The molecule has 242 valence electrons. The molecular formula is C34H43N3O7S. The molecule has 3 aromatic carbocycles. The SMILES string of the molecule is CCC(C(=O)NC1CCCC1)N(Cc1cccc(OC)c1)C(=O)CN(c1ccc(C)cc1)S(=O)(=O)c1ccc(OC)c(OC)c1. The number of benzene rings is 3. The minimum Gasteiger partial charge on any atom is -0.497 e. The molecular weight excluding hydrogens is 594 g/mol. The molecule has 45 heavy (non-hydrogen) atoms. The van der Waals surface area contributed by atoms with Crippen molar-refractivity contribution in [2.75, 3.05) is 32.2 Å². The summed E-state index contributed by atoms with van der Waals surface area (Å²) in [6, 6.07) is 17.7. The van der Waals surface area contributed by atoms with E-state index in [1.54, 1.807) is 43.5 Å². The van der Waals surface area contributed by atoms with Crippen LogP contribution < -0.4 is 23.8 Å². The summed E-state index contributed by atoms with van der Waals surface area (Å²) in [6.07, 6.45) is 4.25. The number of carbonyl (C=O) groups excluding carboxylic acids is 2. The molecule has 1 aliphatic rings. The third kappa shape index (κ3) is 8.08. The fourth-order valence-electron chi connectivity index (χ4n) is 5.60. The standard InChI is InChI=1S/C34H43N3O7S/c1-6-30(34(39)35-26-11-7-8-12-26)36(22-25-10-9-13-28(20-25)42-3)33(38)23-37(27-16-14-24(2)15-17-27)45(40,41)29-18-19-31(43-4)32(21-29)44-5/h9-10,13-21,26,30H,6-8,11-12,22-23H2,1-5H3,(H,35,39). The lowest BCUT2D eigenvalue weighted by Crippen LogP contribution is -2.53. The van der Waals surface area contributed by atoms with E-state index in [-0.39, 0.29) is 29.1 Å². The number of carbonyl (C=O) groups is 2. The van der Waals surface area contributed by atoms with Crippen LogP contribution in [0.2, 0.25) is 0 Å². The van der Waals surface area contributed by atoms with Gasteiger partial charge in [0, 0.05) is 18.7 Å². The third-order valence-corrected chi connectivity index (χ3v) is 9.89. The molecule has 0 radical (unpaired) electrons. The van der Waals surface area contributed by atoms with Crippen molar-refractivity contribution in [3.8, 4) is 17.2 Å². The van der Waals surface area contributed by atoms with Crippen molar-refractivity contribution in [3.05, 3.63) is 77.9 Å². The van der Waals surface area contributed by atoms with Gasteiger partial charge in [0.1, 0.15) is 18.3 Å². The lowest BCUT2D eigenvalue weighted by atomic mass is 10.1. The summed E-state index contributed by atoms with van der Waals surface area (Å²) in [5, 5.41) is 3.13. The van der Waals surface area contributed by atoms with Crippen molar-refractivity contribution in [1.82, 2.24) is 10.2 Å². The number of ether oxygens (including phenoxy) is 3. The molecule has 3 aromatic rings. The van der Waals surface area contributed by atoms with Gasteiger partial charge in [0.05, 0.1) is 31.9 Å². The van der Waals surface area contributed by atoms with E-state index in [4.69, 9.17) is 14.2 Å². The van der Waals surface area contributed by atoms with Gasteiger partial charge in [0.2, 0.25) is 11.8 Å². The smallest absolute Gasteiger partial charge is 0.264 e. The van der Waals surface area contributed by atoms with Crippen LogP contribution in [0, 0.1) is 6.92 Å². The van der Waals surface area contributed by atoms with Crippen molar-refractivity contribution in [1.29, 1.82) is 0 Å². The van der Waals surface area contributed by atoms with Gasteiger partial charge < -0.3 is 24.4 Å². The topological polar surface area (TPSA) is 114 Å². The third-order valence-electron chi connectivity index (χ3n) is 8.12. The fourth-order valence-corrected chi connectivity index (χ4v) is 7.03. The normalized spacial score (nSPS) is 14.0. The first kappa shape index (κ1) is 33.6. The van der Waals surface area contributed by atoms with Crippen molar-refractivity contribution >= 4 is 27.5 Å². The first-order chi connectivity index (χ1) is 21.6. The molecule has 2 amide bonds. The van der Waals surface area contributed by atoms with E-state index in [0.29, 0.717) is 23.6 Å². The van der Waals surface area contributed by atoms with Gasteiger partial charge in [-0.3, -0.25) is 13.9 Å².